The highest BCUT2D eigenvalue weighted by molar-refractivity contribution is 5.70. The van der Waals surface area contributed by atoms with Gasteiger partial charge in [0.25, 0.3) is 0 Å². The molecule has 0 bridgehead atoms. The molecule has 0 heterocycles. The maximum atomic E-state index is 11.2. The number of nitrogens with one attached hydrogen (secondary N) is 2. The molecule has 0 aliphatic rings. The minimum Gasteiger partial charge on any atom is -0.410 e. The van der Waals surface area contributed by atoms with Crippen LogP contribution >= 0.6 is 0 Å². The molecule has 1 rings (SSSR count). The van der Waals surface area contributed by atoms with Gasteiger partial charge in [0.15, 0.2) is 0 Å². The van der Waals surface area contributed by atoms with Gasteiger partial charge in [0, 0.05) is 13.1 Å². The molecule has 15 heavy (non-hydrogen) atoms. The second-order valence-corrected chi connectivity index (χ2v) is 3.23. The van der Waals surface area contributed by atoms with Gasteiger partial charge in [-0.1, -0.05) is 17.7 Å². The van der Waals surface area contributed by atoms with Crippen LogP contribution in [0.2, 0.25) is 0 Å². The summed E-state index contributed by atoms with van der Waals surface area (Å²) in [5, 5.41) is 5.55. The van der Waals surface area contributed by atoms with Crippen molar-refractivity contribution in [3.05, 3.63) is 29.8 Å². The van der Waals surface area contributed by atoms with Crippen molar-refractivity contribution in [2.24, 2.45) is 0 Å². The zero-order chi connectivity index (χ0) is 11.1. The first-order valence-electron chi connectivity index (χ1n) is 4.89. The summed E-state index contributed by atoms with van der Waals surface area (Å²) in [6, 6.07) is 7.34. The van der Waals surface area contributed by atoms with Gasteiger partial charge in [-0.25, -0.2) is 4.79 Å². The van der Waals surface area contributed by atoms with E-state index in [2.05, 4.69) is 10.6 Å². The van der Waals surface area contributed by atoms with Crippen LogP contribution in [-0.2, 0) is 0 Å². The number of likely N-dealkylation sites (N-methyl/N-ethyl adjacent to an activating group) is 1. The summed E-state index contributed by atoms with van der Waals surface area (Å²) < 4.78 is 5.04. The molecular formula is C11H16N2O2. The summed E-state index contributed by atoms with van der Waals surface area (Å²) in [6.45, 7) is 3.26. The normalized spacial score (nSPS) is 9.73. The van der Waals surface area contributed by atoms with E-state index in [0.717, 1.165) is 12.1 Å². The Hall–Kier alpha value is -1.55. The van der Waals surface area contributed by atoms with Crippen LogP contribution in [0.5, 0.6) is 5.75 Å². The van der Waals surface area contributed by atoms with Crippen LogP contribution in [0.15, 0.2) is 24.3 Å². The quantitative estimate of drug-likeness (QED) is 0.733. The Morgan fingerprint density at radius 1 is 1.27 bits per heavy atom. The van der Waals surface area contributed by atoms with Crippen molar-refractivity contribution in [3.63, 3.8) is 0 Å². The summed E-state index contributed by atoms with van der Waals surface area (Å²) >= 11 is 0. The zero-order valence-electron chi connectivity index (χ0n) is 9.04. The van der Waals surface area contributed by atoms with Crippen LogP contribution < -0.4 is 15.4 Å². The van der Waals surface area contributed by atoms with E-state index in [9.17, 15) is 4.79 Å². The van der Waals surface area contributed by atoms with Crippen LogP contribution in [-0.4, -0.2) is 26.2 Å². The maximum absolute atomic E-state index is 11.2. The van der Waals surface area contributed by atoms with Gasteiger partial charge in [0.05, 0.1) is 0 Å². The largest absolute Gasteiger partial charge is 0.412 e. The Morgan fingerprint density at radius 2 is 1.93 bits per heavy atom. The van der Waals surface area contributed by atoms with Crippen molar-refractivity contribution in [2.75, 3.05) is 20.1 Å². The Labute approximate surface area is 89.6 Å². The molecule has 82 valence electrons. The molecule has 1 amide bonds. The van der Waals surface area contributed by atoms with Gasteiger partial charge < -0.3 is 15.4 Å². The molecule has 1 aromatic rings. The molecule has 4 nitrogen and oxygen atoms in total. The average Bonchev–Trinajstić information content (AvgIpc) is 2.22. The predicted octanol–water partition coefficient (Wildman–Crippen LogP) is 1.30. The van der Waals surface area contributed by atoms with E-state index in [-0.39, 0.29) is 0 Å². The fraction of sp³-hybridized carbons (Fsp3) is 0.364. The second kappa shape index (κ2) is 6.03. The van der Waals surface area contributed by atoms with Crippen LogP contribution in [0.3, 0.4) is 0 Å². The lowest BCUT2D eigenvalue weighted by molar-refractivity contribution is 0.200. The highest BCUT2D eigenvalue weighted by atomic mass is 16.5. The molecule has 0 aromatic heterocycles. The number of benzene rings is 1. The number of carbonyl (C=O) groups excluding carboxylic acids is 1. The molecule has 0 aliphatic carbocycles. The summed E-state index contributed by atoms with van der Waals surface area (Å²) in [5.74, 6) is 0.558. The minimum absolute atomic E-state index is 0.422. The molecule has 0 saturated carbocycles. The van der Waals surface area contributed by atoms with Crippen molar-refractivity contribution in [1.29, 1.82) is 0 Å². The lowest BCUT2D eigenvalue weighted by Crippen LogP contribution is -2.32. The minimum atomic E-state index is -0.422. The van der Waals surface area contributed by atoms with Gasteiger partial charge in [0.2, 0.25) is 0 Å². The number of hydrogen-bond donors (Lipinski definition) is 2. The molecule has 0 atom stereocenters. The number of amides is 1. The fourth-order valence-corrected chi connectivity index (χ4v) is 1.04. The van der Waals surface area contributed by atoms with Crippen molar-refractivity contribution in [1.82, 2.24) is 10.6 Å². The predicted molar refractivity (Wildman–Crippen MR) is 59.1 cm³/mol. The van der Waals surface area contributed by atoms with Crippen molar-refractivity contribution in [2.45, 2.75) is 6.92 Å². The highest BCUT2D eigenvalue weighted by Gasteiger charge is 2.01. The van der Waals surface area contributed by atoms with Gasteiger partial charge in [-0.2, -0.15) is 0 Å². The molecule has 2 N–H and O–H groups in total. The Kier molecular flexibility index (Phi) is 4.63. The molecule has 0 saturated heterocycles. The number of aryl methyl sites for hydroxylation is 1. The van der Waals surface area contributed by atoms with E-state index in [1.165, 1.54) is 0 Å². The maximum Gasteiger partial charge on any atom is 0.412 e. The monoisotopic (exact) mass is 208 g/mol. The summed E-state index contributed by atoms with van der Waals surface area (Å²) in [4.78, 5) is 11.2. The molecule has 0 fully saturated rings. The third-order valence-electron chi connectivity index (χ3n) is 1.88. The molecule has 0 unspecified atom stereocenters. The van der Waals surface area contributed by atoms with Crippen LogP contribution in [0.1, 0.15) is 5.56 Å². The fourth-order valence-electron chi connectivity index (χ4n) is 1.04. The third-order valence-corrected chi connectivity index (χ3v) is 1.88. The molecule has 0 radical (unpaired) electrons. The van der Waals surface area contributed by atoms with E-state index < -0.39 is 6.09 Å². The van der Waals surface area contributed by atoms with E-state index in [1.54, 1.807) is 12.1 Å². The third kappa shape index (κ3) is 4.46. The van der Waals surface area contributed by atoms with E-state index >= 15 is 0 Å². The topological polar surface area (TPSA) is 50.4 Å². The van der Waals surface area contributed by atoms with Crippen molar-refractivity contribution >= 4 is 6.09 Å². The molecule has 4 heteroatoms. The Balaban J connectivity index is 2.34. The van der Waals surface area contributed by atoms with Gasteiger partial charge in [0.1, 0.15) is 5.75 Å². The first-order valence-corrected chi connectivity index (χ1v) is 4.89. The van der Waals surface area contributed by atoms with Crippen LogP contribution in [0.25, 0.3) is 0 Å². The van der Waals surface area contributed by atoms with Gasteiger partial charge in [-0.15, -0.1) is 0 Å². The van der Waals surface area contributed by atoms with Crippen molar-refractivity contribution in [3.8, 4) is 5.75 Å². The summed E-state index contributed by atoms with van der Waals surface area (Å²) in [6.07, 6.45) is -0.422. The number of rotatable bonds is 4. The summed E-state index contributed by atoms with van der Waals surface area (Å²) in [7, 11) is 1.83. The van der Waals surface area contributed by atoms with E-state index in [0.29, 0.717) is 12.3 Å². The lowest BCUT2D eigenvalue weighted by Gasteiger charge is -2.06. The van der Waals surface area contributed by atoms with Gasteiger partial charge in [-0.05, 0) is 26.1 Å². The van der Waals surface area contributed by atoms with E-state index in [1.807, 2.05) is 26.1 Å². The Bertz CT molecular complexity index is 309. The average molecular weight is 208 g/mol. The van der Waals surface area contributed by atoms with Crippen LogP contribution in [0, 0.1) is 6.92 Å². The molecule has 1 aromatic carbocycles. The standard InChI is InChI=1S/C11H16N2O2/c1-9-3-5-10(6-4-9)15-11(14)13-8-7-12-2/h3-6,12H,7-8H2,1-2H3,(H,13,14). The Morgan fingerprint density at radius 3 is 2.53 bits per heavy atom. The highest BCUT2D eigenvalue weighted by Crippen LogP contribution is 2.11. The number of carbonyl (C=O) groups is 1. The van der Waals surface area contributed by atoms with Gasteiger partial charge in [-0.3, -0.25) is 0 Å². The first-order chi connectivity index (χ1) is 7.22. The van der Waals surface area contributed by atoms with Crippen LogP contribution in [0.4, 0.5) is 4.79 Å². The molecule has 0 spiro atoms. The molecule has 0 aliphatic heterocycles. The first kappa shape index (κ1) is 11.5. The smallest absolute Gasteiger partial charge is 0.410 e. The molecular weight excluding hydrogens is 192 g/mol. The van der Waals surface area contributed by atoms with Crippen molar-refractivity contribution < 1.29 is 9.53 Å². The summed E-state index contributed by atoms with van der Waals surface area (Å²) in [5.41, 5.74) is 1.14. The number of ether oxygens (including phenoxy) is 1. The van der Waals surface area contributed by atoms with Gasteiger partial charge >= 0.3 is 6.09 Å². The van der Waals surface area contributed by atoms with E-state index in [4.69, 9.17) is 4.74 Å². The lowest BCUT2D eigenvalue weighted by atomic mass is 10.2. The zero-order valence-corrected chi connectivity index (χ0v) is 9.04. The SMILES string of the molecule is CNCCNC(=O)Oc1ccc(C)cc1. The second-order valence-electron chi connectivity index (χ2n) is 3.23. The number of hydrogen-bond acceptors (Lipinski definition) is 3.